The van der Waals surface area contributed by atoms with Crippen molar-refractivity contribution in [1.82, 2.24) is 0 Å². The molecule has 2 fully saturated rings. The minimum absolute atomic E-state index is 0.0241. The number of hydrogen-bond acceptors (Lipinski definition) is 4. The van der Waals surface area contributed by atoms with Crippen molar-refractivity contribution in [3.63, 3.8) is 0 Å². The molecule has 2 aromatic rings. The molecule has 4 rings (SSSR count). The Morgan fingerprint density at radius 1 is 0.882 bits per heavy atom. The van der Waals surface area contributed by atoms with Crippen LogP contribution in [0, 0.1) is 23.6 Å². The molecule has 2 saturated carbocycles. The summed E-state index contributed by atoms with van der Waals surface area (Å²) < 4.78 is 24.8. The molecule has 0 unspecified atom stereocenters. The Kier molecular flexibility index (Phi) is 8.36. The van der Waals surface area contributed by atoms with E-state index in [1.54, 1.807) is 18.2 Å². The summed E-state index contributed by atoms with van der Waals surface area (Å²) in [5.74, 6) is 0.855. The highest BCUT2D eigenvalue weighted by molar-refractivity contribution is 5.92. The molecule has 34 heavy (non-hydrogen) atoms. The van der Waals surface area contributed by atoms with Gasteiger partial charge >= 0.3 is 11.9 Å². The van der Waals surface area contributed by atoms with Crippen LogP contribution in [0.25, 0.3) is 0 Å². The first-order valence-corrected chi connectivity index (χ1v) is 12.8. The Hall–Kier alpha value is -2.69. The molecule has 0 saturated heterocycles. The number of benzene rings is 2. The van der Waals surface area contributed by atoms with Gasteiger partial charge in [0.1, 0.15) is 17.7 Å². The standard InChI is InChI=1S/C29H35FO4/c1-2-3-4-7-20-10-11-23-19-25(17-14-22(23)18-20)34-28(31)21-12-15-24(16-13-21)33-29(32)26-8-5-6-9-27(26)30/h5-6,8-9,12-13,15-16,20,22-23,25H,2-4,7,10-11,14,17-19H2,1H3/t20-,22+,23+,25+/m0/s1. The molecule has 2 aliphatic carbocycles. The van der Waals surface area contributed by atoms with Crippen molar-refractivity contribution in [2.45, 2.75) is 77.2 Å². The molecule has 0 aliphatic heterocycles. The Morgan fingerprint density at radius 3 is 2.38 bits per heavy atom. The first kappa shape index (κ1) is 24.4. The van der Waals surface area contributed by atoms with Gasteiger partial charge in [0, 0.05) is 0 Å². The Morgan fingerprint density at radius 2 is 1.62 bits per heavy atom. The molecular formula is C29H35FO4. The number of ether oxygens (including phenoxy) is 2. The summed E-state index contributed by atoms with van der Waals surface area (Å²) in [6, 6.07) is 11.9. The summed E-state index contributed by atoms with van der Waals surface area (Å²) in [5, 5.41) is 0. The summed E-state index contributed by atoms with van der Waals surface area (Å²) in [5.41, 5.74) is 0.295. The zero-order valence-corrected chi connectivity index (χ0v) is 20.0. The lowest BCUT2D eigenvalue weighted by Gasteiger charge is -2.42. The van der Waals surface area contributed by atoms with Gasteiger partial charge in [-0.25, -0.2) is 14.0 Å². The van der Waals surface area contributed by atoms with Crippen LogP contribution in [0.5, 0.6) is 5.75 Å². The highest BCUT2D eigenvalue weighted by atomic mass is 19.1. The topological polar surface area (TPSA) is 52.6 Å². The van der Waals surface area contributed by atoms with Crippen molar-refractivity contribution in [2.24, 2.45) is 17.8 Å². The first-order valence-electron chi connectivity index (χ1n) is 12.8. The number of hydrogen-bond donors (Lipinski definition) is 0. The average Bonchev–Trinajstić information content (AvgIpc) is 2.85. The average molecular weight is 467 g/mol. The van der Waals surface area contributed by atoms with E-state index in [2.05, 4.69) is 6.92 Å². The molecule has 0 spiro atoms. The summed E-state index contributed by atoms with van der Waals surface area (Å²) >= 11 is 0. The fourth-order valence-corrected chi connectivity index (χ4v) is 5.66. The second-order valence-corrected chi connectivity index (χ2v) is 9.93. The lowest BCUT2D eigenvalue weighted by Crippen LogP contribution is -2.35. The minimum Gasteiger partial charge on any atom is -0.459 e. The number of carbonyl (C=O) groups excluding carboxylic acids is 2. The van der Waals surface area contributed by atoms with Gasteiger partial charge in [0.05, 0.1) is 11.1 Å². The van der Waals surface area contributed by atoms with Crippen LogP contribution < -0.4 is 4.74 Å². The molecule has 0 bridgehead atoms. The highest BCUT2D eigenvalue weighted by Gasteiger charge is 2.36. The largest absolute Gasteiger partial charge is 0.459 e. The van der Waals surface area contributed by atoms with Gasteiger partial charge in [-0.3, -0.25) is 0 Å². The van der Waals surface area contributed by atoms with Crippen LogP contribution in [0.3, 0.4) is 0 Å². The van der Waals surface area contributed by atoms with Crippen molar-refractivity contribution in [3.8, 4) is 5.75 Å². The summed E-state index contributed by atoms with van der Waals surface area (Å²) in [7, 11) is 0. The second-order valence-electron chi connectivity index (χ2n) is 9.93. The van der Waals surface area contributed by atoms with E-state index >= 15 is 0 Å². The second kappa shape index (κ2) is 11.6. The highest BCUT2D eigenvalue weighted by Crippen LogP contribution is 2.44. The summed E-state index contributed by atoms with van der Waals surface area (Å²) in [6.45, 7) is 2.26. The molecule has 2 aliphatic rings. The van der Waals surface area contributed by atoms with E-state index in [9.17, 15) is 14.0 Å². The quantitative estimate of drug-likeness (QED) is 0.232. The predicted molar refractivity (Wildman–Crippen MR) is 129 cm³/mol. The van der Waals surface area contributed by atoms with Crippen molar-refractivity contribution >= 4 is 11.9 Å². The van der Waals surface area contributed by atoms with E-state index < -0.39 is 11.8 Å². The van der Waals surface area contributed by atoms with Crippen LogP contribution in [0.4, 0.5) is 4.39 Å². The molecule has 182 valence electrons. The van der Waals surface area contributed by atoms with E-state index in [0.29, 0.717) is 11.5 Å². The van der Waals surface area contributed by atoms with Crippen molar-refractivity contribution in [1.29, 1.82) is 0 Å². The number of unbranched alkanes of at least 4 members (excludes halogenated alkanes) is 2. The van der Waals surface area contributed by atoms with Crippen LogP contribution in [0.1, 0.15) is 91.8 Å². The van der Waals surface area contributed by atoms with Gasteiger partial charge in [-0.05, 0) is 86.3 Å². The van der Waals surface area contributed by atoms with Gasteiger partial charge in [-0.15, -0.1) is 0 Å². The van der Waals surface area contributed by atoms with Gasteiger partial charge in [-0.1, -0.05) is 51.2 Å². The van der Waals surface area contributed by atoms with E-state index in [0.717, 1.165) is 31.1 Å². The van der Waals surface area contributed by atoms with Gasteiger partial charge in [-0.2, -0.15) is 0 Å². The van der Waals surface area contributed by atoms with E-state index in [-0.39, 0.29) is 23.4 Å². The molecule has 0 N–H and O–H groups in total. The van der Waals surface area contributed by atoms with E-state index in [1.165, 1.54) is 75.3 Å². The first-order chi connectivity index (χ1) is 16.5. The molecular weight excluding hydrogens is 431 g/mol. The zero-order chi connectivity index (χ0) is 23.9. The van der Waals surface area contributed by atoms with Crippen LogP contribution in [0.15, 0.2) is 48.5 Å². The van der Waals surface area contributed by atoms with Crippen LogP contribution in [0.2, 0.25) is 0 Å². The zero-order valence-electron chi connectivity index (χ0n) is 20.0. The molecule has 0 amide bonds. The normalized spacial score (nSPS) is 24.2. The SMILES string of the molecule is CCCCC[C@H]1CC[C@@H]2C[C@H](OC(=O)c3ccc(OC(=O)c4ccccc4F)cc3)CC[C@@H]2C1. The fraction of sp³-hybridized carbons (Fsp3) is 0.517. The molecule has 4 atom stereocenters. The lowest BCUT2D eigenvalue weighted by molar-refractivity contribution is -0.00628. The van der Waals surface area contributed by atoms with Gasteiger partial charge < -0.3 is 9.47 Å². The third-order valence-corrected chi connectivity index (χ3v) is 7.56. The van der Waals surface area contributed by atoms with Crippen molar-refractivity contribution in [2.75, 3.05) is 0 Å². The molecule has 4 nitrogen and oxygen atoms in total. The number of rotatable bonds is 8. The van der Waals surface area contributed by atoms with Gasteiger partial charge in [0.25, 0.3) is 0 Å². The van der Waals surface area contributed by atoms with Crippen molar-refractivity contribution in [3.05, 3.63) is 65.5 Å². The monoisotopic (exact) mass is 466 g/mol. The minimum atomic E-state index is -0.773. The van der Waals surface area contributed by atoms with Crippen LogP contribution in [-0.2, 0) is 4.74 Å². The molecule has 0 radical (unpaired) electrons. The molecule has 2 aromatic carbocycles. The molecule has 5 heteroatoms. The van der Waals surface area contributed by atoms with Gasteiger partial charge in [0.2, 0.25) is 0 Å². The van der Waals surface area contributed by atoms with E-state index in [4.69, 9.17) is 9.47 Å². The summed E-state index contributed by atoms with van der Waals surface area (Å²) in [6.07, 6.45) is 12.3. The summed E-state index contributed by atoms with van der Waals surface area (Å²) in [4.78, 5) is 24.9. The number of fused-ring (bicyclic) bond motifs is 1. The smallest absolute Gasteiger partial charge is 0.346 e. The maximum Gasteiger partial charge on any atom is 0.346 e. The third kappa shape index (κ3) is 6.25. The van der Waals surface area contributed by atoms with Crippen LogP contribution >= 0.6 is 0 Å². The Labute approximate surface area is 201 Å². The predicted octanol–water partition coefficient (Wildman–Crippen LogP) is 7.37. The maximum absolute atomic E-state index is 13.8. The Bertz CT molecular complexity index is 970. The number of carbonyl (C=O) groups is 2. The fourth-order valence-electron chi connectivity index (χ4n) is 5.66. The molecule has 0 aromatic heterocycles. The number of halogens is 1. The van der Waals surface area contributed by atoms with Crippen molar-refractivity contribution < 1.29 is 23.5 Å². The molecule has 0 heterocycles. The lowest BCUT2D eigenvalue weighted by atomic mass is 9.66. The number of esters is 2. The third-order valence-electron chi connectivity index (χ3n) is 7.56. The van der Waals surface area contributed by atoms with Crippen LogP contribution in [-0.4, -0.2) is 18.0 Å². The van der Waals surface area contributed by atoms with E-state index in [1.807, 2.05) is 0 Å². The maximum atomic E-state index is 13.8. The van der Waals surface area contributed by atoms with Gasteiger partial charge in [0.15, 0.2) is 0 Å². The Balaban J connectivity index is 1.25.